The maximum absolute atomic E-state index is 11.5. The molecule has 7 nitrogen and oxygen atoms in total. The molecular formula is C15H17N3O4. The number of amides is 1. The highest BCUT2D eigenvalue weighted by molar-refractivity contribution is 5.82. The van der Waals surface area contributed by atoms with E-state index in [1.54, 1.807) is 0 Å². The first-order valence-corrected chi connectivity index (χ1v) is 7.40. The van der Waals surface area contributed by atoms with Crippen LogP contribution in [0.4, 0.5) is 4.79 Å². The molecule has 2 atom stereocenters. The summed E-state index contributed by atoms with van der Waals surface area (Å²) in [6.45, 7) is 2.34. The zero-order valence-electron chi connectivity index (χ0n) is 12.0. The van der Waals surface area contributed by atoms with Crippen molar-refractivity contribution in [3.63, 3.8) is 0 Å². The first-order chi connectivity index (χ1) is 10.8. The second-order valence-electron chi connectivity index (χ2n) is 5.54. The summed E-state index contributed by atoms with van der Waals surface area (Å²) in [4.78, 5) is 12.9. The second kappa shape index (κ2) is 5.26. The molecule has 1 aromatic heterocycles. The van der Waals surface area contributed by atoms with E-state index in [0.717, 1.165) is 16.6 Å². The zero-order chi connectivity index (χ0) is 15.1. The van der Waals surface area contributed by atoms with Gasteiger partial charge in [-0.2, -0.15) is 5.10 Å². The van der Waals surface area contributed by atoms with Crippen LogP contribution >= 0.6 is 0 Å². The van der Waals surface area contributed by atoms with Gasteiger partial charge in [0.15, 0.2) is 0 Å². The van der Waals surface area contributed by atoms with Crippen LogP contribution < -0.4 is 0 Å². The summed E-state index contributed by atoms with van der Waals surface area (Å²) in [7, 11) is 0. The molecule has 1 N–H and O–H groups in total. The summed E-state index contributed by atoms with van der Waals surface area (Å²) < 4.78 is 13.4. The van der Waals surface area contributed by atoms with Gasteiger partial charge >= 0.3 is 6.09 Å². The van der Waals surface area contributed by atoms with Gasteiger partial charge in [0, 0.05) is 11.9 Å². The number of carboxylic acid groups (broad SMARTS) is 1. The Balaban J connectivity index is 1.79. The van der Waals surface area contributed by atoms with Gasteiger partial charge in [-0.05, 0) is 6.07 Å². The lowest BCUT2D eigenvalue weighted by atomic mass is 10.0. The van der Waals surface area contributed by atoms with Crippen LogP contribution in [-0.4, -0.2) is 58.3 Å². The van der Waals surface area contributed by atoms with Gasteiger partial charge in [0.05, 0.1) is 43.6 Å². The predicted octanol–water partition coefficient (Wildman–Crippen LogP) is 1.49. The first kappa shape index (κ1) is 13.5. The number of carbonyl (C=O) groups is 1. The van der Waals surface area contributed by atoms with Gasteiger partial charge < -0.3 is 14.6 Å². The smallest absolute Gasteiger partial charge is 0.407 e. The number of ether oxygens (including phenoxy) is 2. The fourth-order valence-corrected chi connectivity index (χ4v) is 3.32. The van der Waals surface area contributed by atoms with Gasteiger partial charge in [-0.15, -0.1) is 0 Å². The lowest BCUT2D eigenvalue weighted by molar-refractivity contribution is -0.0881. The monoisotopic (exact) mass is 303 g/mol. The standard InChI is InChI=1S/C15H17N3O4/c19-15(20)17-5-7-21-9-12(17)14-13-10-3-1-2-4-11(10)16-18(13)6-8-22-14/h1-4,12,14H,5-9H2,(H,19,20)/t12-,14?/m0/s1. The largest absolute Gasteiger partial charge is 0.465 e. The number of rotatable bonds is 1. The lowest BCUT2D eigenvalue weighted by Crippen LogP contribution is -2.52. The fraction of sp³-hybridized carbons (Fsp3) is 0.467. The maximum Gasteiger partial charge on any atom is 0.407 e. The molecule has 2 aromatic rings. The van der Waals surface area contributed by atoms with Crippen LogP contribution in [0.2, 0.25) is 0 Å². The van der Waals surface area contributed by atoms with E-state index in [0.29, 0.717) is 32.9 Å². The number of nitrogens with zero attached hydrogens (tertiary/aromatic N) is 3. The lowest BCUT2D eigenvalue weighted by Gasteiger charge is -2.39. The van der Waals surface area contributed by atoms with Gasteiger partial charge in [0.25, 0.3) is 0 Å². The molecule has 22 heavy (non-hydrogen) atoms. The van der Waals surface area contributed by atoms with Crippen LogP contribution in [0, 0.1) is 0 Å². The Kier molecular flexibility index (Phi) is 3.24. The summed E-state index contributed by atoms with van der Waals surface area (Å²) in [5, 5.41) is 15.1. The van der Waals surface area contributed by atoms with E-state index in [4.69, 9.17) is 9.47 Å². The van der Waals surface area contributed by atoms with E-state index in [-0.39, 0.29) is 12.1 Å². The zero-order valence-corrected chi connectivity index (χ0v) is 12.0. The van der Waals surface area contributed by atoms with Gasteiger partial charge in [-0.1, -0.05) is 18.2 Å². The molecule has 2 aliphatic rings. The molecule has 1 fully saturated rings. The molecule has 1 saturated heterocycles. The highest BCUT2D eigenvalue weighted by atomic mass is 16.5. The molecule has 0 bridgehead atoms. The Morgan fingerprint density at radius 2 is 2.14 bits per heavy atom. The summed E-state index contributed by atoms with van der Waals surface area (Å²) in [5.74, 6) is 0. The van der Waals surface area contributed by atoms with Gasteiger partial charge in [-0.25, -0.2) is 4.79 Å². The molecule has 3 heterocycles. The van der Waals surface area contributed by atoms with E-state index in [1.165, 1.54) is 4.90 Å². The van der Waals surface area contributed by atoms with Gasteiger partial charge in [-0.3, -0.25) is 9.58 Å². The van der Waals surface area contributed by atoms with Crippen molar-refractivity contribution in [1.82, 2.24) is 14.7 Å². The minimum Gasteiger partial charge on any atom is -0.465 e. The molecule has 1 amide bonds. The van der Waals surface area contributed by atoms with Crippen molar-refractivity contribution in [2.24, 2.45) is 0 Å². The van der Waals surface area contributed by atoms with E-state index in [1.807, 2.05) is 28.9 Å². The van der Waals surface area contributed by atoms with Crippen LogP contribution in [0.1, 0.15) is 11.8 Å². The normalized spacial score (nSPS) is 25.2. The number of aromatic nitrogens is 2. The third-order valence-electron chi connectivity index (χ3n) is 4.32. The number of benzene rings is 1. The van der Waals surface area contributed by atoms with Crippen LogP contribution in [0.5, 0.6) is 0 Å². The molecule has 4 rings (SSSR count). The highest BCUT2D eigenvalue weighted by Gasteiger charge is 2.39. The van der Waals surface area contributed by atoms with E-state index in [2.05, 4.69) is 5.10 Å². The Bertz CT molecular complexity index is 714. The molecule has 7 heteroatoms. The van der Waals surface area contributed by atoms with Crippen molar-refractivity contribution in [3.8, 4) is 0 Å². The molecule has 0 radical (unpaired) electrons. The quantitative estimate of drug-likeness (QED) is 0.863. The van der Waals surface area contributed by atoms with Crippen molar-refractivity contribution in [3.05, 3.63) is 30.0 Å². The SMILES string of the molecule is O=C(O)N1CCOC[C@H]1C1OCCn2nc3ccccc3c21. The predicted molar refractivity (Wildman–Crippen MR) is 77.8 cm³/mol. The third kappa shape index (κ3) is 2.05. The van der Waals surface area contributed by atoms with Crippen molar-refractivity contribution in [2.75, 3.05) is 26.4 Å². The minimum atomic E-state index is -0.933. The summed E-state index contributed by atoms with van der Waals surface area (Å²) in [6.07, 6.45) is -1.28. The third-order valence-corrected chi connectivity index (χ3v) is 4.32. The molecule has 0 aliphatic carbocycles. The second-order valence-corrected chi connectivity index (χ2v) is 5.54. The Hall–Kier alpha value is -2.12. The molecule has 0 spiro atoms. The van der Waals surface area contributed by atoms with Crippen LogP contribution in [-0.2, 0) is 16.0 Å². The Morgan fingerprint density at radius 1 is 1.27 bits per heavy atom. The molecule has 1 aromatic carbocycles. The van der Waals surface area contributed by atoms with Crippen molar-refractivity contribution >= 4 is 17.0 Å². The number of morpholine rings is 1. The van der Waals surface area contributed by atoms with Crippen molar-refractivity contribution < 1.29 is 19.4 Å². The molecular weight excluding hydrogens is 286 g/mol. The molecule has 1 unspecified atom stereocenters. The van der Waals surface area contributed by atoms with E-state index >= 15 is 0 Å². The highest BCUT2D eigenvalue weighted by Crippen LogP contribution is 2.34. The molecule has 0 saturated carbocycles. The average molecular weight is 303 g/mol. The summed E-state index contributed by atoms with van der Waals surface area (Å²) in [5.41, 5.74) is 1.86. The number of fused-ring (bicyclic) bond motifs is 3. The van der Waals surface area contributed by atoms with Gasteiger partial charge in [0.2, 0.25) is 0 Å². The fourth-order valence-electron chi connectivity index (χ4n) is 3.32. The van der Waals surface area contributed by atoms with E-state index < -0.39 is 6.09 Å². The average Bonchev–Trinajstić information content (AvgIpc) is 2.93. The topological polar surface area (TPSA) is 76.8 Å². The van der Waals surface area contributed by atoms with Crippen LogP contribution in [0.15, 0.2) is 24.3 Å². The molecule has 2 aliphatic heterocycles. The van der Waals surface area contributed by atoms with Gasteiger partial charge in [0.1, 0.15) is 6.10 Å². The summed E-state index contributed by atoms with van der Waals surface area (Å²) >= 11 is 0. The minimum absolute atomic E-state index is 0.342. The Morgan fingerprint density at radius 3 is 3.00 bits per heavy atom. The van der Waals surface area contributed by atoms with Crippen LogP contribution in [0.25, 0.3) is 10.9 Å². The maximum atomic E-state index is 11.5. The van der Waals surface area contributed by atoms with Crippen LogP contribution in [0.3, 0.4) is 0 Å². The first-order valence-electron chi connectivity index (χ1n) is 7.40. The number of hydrogen-bond donors (Lipinski definition) is 1. The number of hydrogen-bond acceptors (Lipinski definition) is 4. The summed E-state index contributed by atoms with van der Waals surface area (Å²) in [6, 6.07) is 7.53. The van der Waals surface area contributed by atoms with E-state index in [9.17, 15) is 9.90 Å². The molecule has 116 valence electrons. The Labute approximate surface area is 127 Å². The van der Waals surface area contributed by atoms with Crippen molar-refractivity contribution in [1.29, 1.82) is 0 Å². The van der Waals surface area contributed by atoms with Crippen molar-refractivity contribution in [2.45, 2.75) is 18.7 Å².